The van der Waals surface area contributed by atoms with E-state index < -0.39 is 5.60 Å². The SMILES string of the molecule is CC(C)(Oc1ccc(Br)cc1)C(=O)N(Cc1cccc2[nH]ccc12)Cc1cccc2[nH]ccc12. The second-order valence-corrected chi connectivity index (χ2v) is 9.86. The number of amides is 1. The average molecular weight is 516 g/mol. The molecule has 6 heteroatoms. The molecule has 5 nitrogen and oxygen atoms in total. The number of benzene rings is 3. The third-order valence-corrected chi connectivity index (χ3v) is 6.61. The maximum absolute atomic E-state index is 14.0. The van der Waals surface area contributed by atoms with E-state index in [-0.39, 0.29) is 5.91 Å². The number of rotatable bonds is 7. The molecule has 5 aromatic rings. The molecule has 2 N–H and O–H groups in total. The van der Waals surface area contributed by atoms with Gasteiger partial charge in [-0.2, -0.15) is 0 Å². The summed E-state index contributed by atoms with van der Waals surface area (Å²) in [7, 11) is 0. The fraction of sp³-hybridized carbons (Fsp3) is 0.179. The minimum absolute atomic E-state index is 0.0736. The monoisotopic (exact) mass is 515 g/mol. The van der Waals surface area contributed by atoms with Gasteiger partial charge in [-0.05, 0) is 73.5 Å². The maximum atomic E-state index is 14.0. The Labute approximate surface area is 206 Å². The fourth-order valence-electron chi connectivity index (χ4n) is 4.41. The first kappa shape index (κ1) is 22.3. The highest BCUT2D eigenvalue weighted by Crippen LogP contribution is 2.27. The molecule has 3 aromatic carbocycles. The number of hydrogen-bond acceptors (Lipinski definition) is 2. The van der Waals surface area contributed by atoms with Crippen LogP contribution < -0.4 is 4.74 Å². The normalized spacial score (nSPS) is 11.7. The van der Waals surface area contributed by atoms with E-state index in [9.17, 15) is 4.79 Å². The van der Waals surface area contributed by atoms with Gasteiger partial charge in [0, 0.05) is 51.8 Å². The largest absolute Gasteiger partial charge is 0.478 e. The topological polar surface area (TPSA) is 61.1 Å². The summed E-state index contributed by atoms with van der Waals surface area (Å²) in [5, 5.41) is 2.23. The zero-order valence-electron chi connectivity index (χ0n) is 19.1. The van der Waals surface area contributed by atoms with Crippen LogP contribution in [0.4, 0.5) is 0 Å². The van der Waals surface area contributed by atoms with E-state index >= 15 is 0 Å². The van der Waals surface area contributed by atoms with E-state index in [1.165, 1.54) is 0 Å². The third kappa shape index (κ3) is 4.46. The molecule has 2 heterocycles. The molecule has 0 saturated heterocycles. The van der Waals surface area contributed by atoms with Crippen molar-refractivity contribution in [3.05, 3.63) is 101 Å². The van der Waals surface area contributed by atoms with Gasteiger partial charge in [0.15, 0.2) is 5.60 Å². The minimum Gasteiger partial charge on any atom is -0.478 e. The summed E-state index contributed by atoms with van der Waals surface area (Å²) in [4.78, 5) is 22.4. The molecule has 0 aliphatic rings. The first-order valence-electron chi connectivity index (χ1n) is 11.2. The Morgan fingerprint density at radius 2 is 1.35 bits per heavy atom. The predicted octanol–water partition coefficient (Wildman–Crippen LogP) is 6.80. The van der Waals surface area contributed by atoms with Crippen molar-refractivity contribution >= 4 is 43.6 Å². The number of aromatic amines is 2. The number of nitrogens with one attached hydrogen (secondary N) is 2. The molecule has 34 heavy (non-hydrogen) atoms. The molecule has 0 atom stereocenters. The van der Waals surface area contributed by atoms with Gasteiger partial charge in [-0.1, -0.05) is 40.2 Å². The highest BCUT2D eigenvalue weighted by Gasteiger charge is 2.35. The maximum Gasteiger partial charge on any atom is 0.266 e. The summed E-state index contributed by atoms with van der Waals surface area (Å²) in [5.74, 6) is 0.581. The van der Waals surface area contributed by atoms with Crippen LogP contribution in [-0.2, 0) is 17.9 Å². The second kappa shape index (κ2) is 9.03. The van der Waals surface area contributed by atoms with Crippen LogP contribution in [0.25, 0.3) is 21.8 Å². The van der Waals surface area contributed by atoms with E-state index in [0.717, 1.165) is 37.4 Å². The Morgan fingerprint density at radius 3 is 1.88 bits per heavy atom. The molecule has 0 aliphatic carbocycles. The molecule has 0 bridgehead atoms. The Balaban J connectivity index is 1.49. The molecule has 0 aliphatic heterocycles. The lowest BCUT2D eigenvalue weighted by Gasteiger charge is -2.33. The molecule has 1 amide bonds. The summed E-state index contributed by atoms with van der Waals surface area (Å²) in [6, 6.07) is 24.0. The second-order valence-electron chi connectivity index (χ2n) is 8.94. The van der Waals surface area contributed by atoms with E-state index in [2.05, 4.69) is 50.2 Å². The number of hydrogen-bond donors (Lipinski definition) is 2. The van der Waals surface area contributed by atoms with Crippen molar-refractivity contribution < 1.29 is 9.53 Å². The number of H-pyrrole nitrogens is 2. The summed E-state index contributed by atoms with van der Waals surface area (Å²) < 4.78 is 7.16. The highest BCUT2D eigenvalue weighted by molar-refractivity contribution is 9.10. The van der Waals surface area contributed by atoms with Crippen molar-refractivity contribution in [2.75, 3.05) is 0 Å². The van der Waals surface area contributed by atoms with Crippen molar-refractivity contribution in [2.45, 2.75) is 32.5 Å². The van der Waals surface area contributed by atoms with Crippen LogP contribution in [0, 0.1) is 0 Å². The van der Waals surface area contributed by atoms with E-state index in [1.54, 1.807) is 0 Å². The fourth-order valence-corrected chi connectivity index (χ4v) is 4.67. The van der Waals surface area contributed by atoms with Crippen molar-refractivity contribution in [1.29, 1.82) is 0 Å². The summed E-state index contributed by atoms with van der Waals surface area (Å²) in [6.07, 6.45) is 3.86. The third-order valence-electron chi connectivity index (χ3n) is 6.08. The lowest BCUT2D eigenvalue weighted by molar-refractivity contribution is -0.146. The lowest BCUT2D eigenvalue weighted by Crippen LogP contribution is -2.48. The van der Waals surface area contributed by atoms with E-state index in [0.29, 0.717) is 18.8 Å². The van der Waals surface area contributed by atoms with Crippen molar-refractivity contribution in [3.63, 3.8) is 0 Å². The Hall–Kier alpha value is -3.51. The van der Waals surface area contributed by atoms with Crippen LogP contribution in [0.5, 0.6) is 5.75 Å². The van der Waals surface area contributed by atoms with E-state index in [1.807, 2.05) is 79.7 Å². The van der Waals surface area contributed by atoms with Crippen molar-refractivity contribution in [2.24, 2.45) is 0 Å². The molecule has 0 radical (unpaired) electrons. The first-order chi connectivity index (χ1) is 16.4. The molecular weight excluding hydrogens is 490 g/mol. The van der Waals surface area contributed by atoms with Crippen LogP contribution in [0.2, 0.25) is 0 Å². The smallest absolute Gasteiger partial charge is 0.266 e. The van der Waals surface area contributed by atoms with Gasteiger partial charge in [-0.3, -0.25) is 4.79 Å². The number of carbonyl (C=O) groups is 1. The molecule has 0 unspecified atom stereocenters. The van der Waals surface area contributed by atoms with Gasteiger partial charge in [-0.25, -0.2) is 0 Å². The number of ether oxygens (including phenoxy) is 1. The van der Waals surface area contributed by atoms with Gasteiger partial charge < -0.3 is 19.6 Å². The van der Waals surface area contributed by atoms with Gasteiger partial charge in [0.2, 0.25) is 0 Å². The van der Waals surface area contributed by atoms with Crippen LogP contribution in [0.15, 0.2) is 89.7 Å². The number of nitrogens with zero attached hydrogens (tertiary/aromatic N) is 1. The molecule has 0 spiro atoms. The number of aromatic nitrogens is 2. The summed E-state index contributed by atoms with van der Waals surface area (Å²) in [5.41, 5.74) is 3.25. The quantitative estimate of drug-likeness (QED) is 0.250. The van der Waals surface area contributed by atoms with Crippen molar-refractivity contribution in [1.82, 2.24) is 14.9 Å². The van der Waals surface area contributed by atoms with Gasteiger partial charge in [0.1, 0.15) is 5.75 Å². The zero-order valence-corrected chi connectivity index (χ0v) is 20.7. The lowest BCUT2D eigenvalue weighted by atomic mass is 10.0. The van der Waals surface area contributed by atoms with Crippen LogP contribution in [0.3, 0.4) is 0 Å². The van der Waals surface area contributed by atoms with Crippen molar-refractivity contribution in [3.8, 4) is 5.75 Å². The van der Waals surface area contributed by atoms with E-state index in [4.69, 9.17) is 4.74 Å². The molecular formula is C28H26BrN3O2. The first-order valence-corrected chi connectivity index (χ1v) is 12.0. The van der Waals surface area contributed by atoms with Crippen LogP contribution in [0.1, 0.15) is 25.0 Å². The Kier molecular flexibility index (Phi) is 5.92. The molecule has 172 valence electrons. The van der Waals surface area contributed by atoms with Crippen LogP contribution >= 0.6 is 15.9 Å². The number of halogens is 1. The predicted molar refractivity (Wildman–Crippen MR) is 140 cm³/mol. The standard InChI is InChI=1S/C28H26BrN3O2/c1-28(2,34-22-11-9-21(29)10-12-22)27(33)32(17-19-5-3-7-25-23(19)13-15-30-25)18-20-6-4-8-26-24(20)14-16-31-26/h3-16,30-31H,17-18H2,1-2H3. The van der Waals surface area contributed by atoms with Gasteiger partial charge >= 0.3 is 0 Å². The molecule has 0 saturated carbocycles. The average Bonchev–Trinajstić information content (AvgIpc) is 3.50. The molecule has 2 aromatic heterocycles. The van der Waals surface area contributed by atoms with Crippen LogP contribution in [-0.4, -0.2) is 26.4 Å². The number of fused-ring (bicyclic) bond motifs is 2. The zero-order chi connectivity index (χ0) is 23.7. The molecule has 5 rings (SSSR count). The van der Waals surface area contributed by atoms with Gasteiger partial charge in [0.25, 0.3) is 5.91 Å². The highest BCUT2D eigenvalue weighted by atomic mass is 79.9. The number of carbonyl (C=O) groups excluding carboxylic acids is 1. The Bertz CT molecular complexity index is 1370. The van der Waals surface area contributed by atoms with Gasteiger partial charge in [0.05, 0.1) is 0 Å². The Morgan fingerprint density at radius 1 is 0.824 bits per heavy atom. The van der Waals surface area contributed by atoms with Gasteiger partial charge in [-0.15, -0.1) is 0 Å². The minimum atomic E-state index is -1.05. The summed E-state index contributed by atoms with van der Waals surface area (Å²) >= 11 is 3.45. The molecule has 0 fully saturated rings. The summed E-state index contributed by atoms with van der Waals surface area (Å²) in [6.45, 7) is 4.61.